The van der Waals surface area contributed by atoms with Crippen molar-refractivity contribution in [1.29, 1.82) is 0 Å². The molecule has 1 unspecified atom stereocenters. The van der Waals surface area contributed by atoms with Gasteiger partial charge in [-0.05, 0) is 13.0 Å². The van der Waals surface area contributed by atoms with Gasteiger partial charge in [0, 0.05) is 50.7 Å². The van der Waals surface area contributed by atoms with E-state index in [1.165, 1.54) is 0 Å². The summed E-state index contributed by atoms with van der Waals surface area (Å²) in [6.07, 6.45) is 2.94. The third kappa shape index (κ3) is 3.42. The maximum Gasteiger partial charge on any atom is 0.319 e. The van der Waals surface area contributed by atoms with Crippen LogP contribution in [0.5, 0.6) is 0 Å². The van der Waals surface area contributed by atoms with Crippen LogP contribution < -0.4 is 0 Å². The first-order chi connectivity index (χ1) is 10.6. The number of carbonyl (C=O) groups is 1. The van der Waals surface area contributed by atoms with E-state index in [4.69, 9.17) is 4.74 Å². The van der Waals surface area contributed by atoms with E-state index < -0.39 is 0 Å². The monoisotopic (exact) mass is 324 g/mol. The van der Waals surface area contributed by atoms with Crippen LogP contribution in [0.4, 0.5) is 4.79 Å². The van der Waals surface area contributed by atoms with Crippen molar-refractivity contribution < 1.29 is 9.53 Å². The summed E-state index contributed by atoms with van der Waals surface area (Å²) in [5.74, 6) is 0. The first-order valence-corrected chi connectivity index (χ1v) is 8.61. The Bertz CT molecular complexity index is 508. The Morgan fingerprint density at radius 2 is 2.32 bits per heavy atom. The van der Waals surface area contributed by atoms with E-state index in [1.54, 1.807) is 16.2 Å². The van der Waals surface area contributed by atoms with E-state index in [0.717, 1.165) is 44.2 Å². The van der Waals surface area contributed by atoms with Gasteiger partial charge < -0.3 is 14.5 Å². The Hall–Kier alpha value is -1.18. The zero-order valence-corrected chi connectivity index (χ0v) is 14.1. The molecule has 0 radical (unpaired) electrons. The SMILES string of the molecule is CN(C)C(=O)N1CCOCC2(CCN(Cc3nccs3)C2)C1. The smallest absolute Gasteiger partial charge is 0.319 e. The van der Waals surface area contributed by atoms with Crippen molar-refractivity contribution in [2.24, 2.45) is 5.41 Å². The second kappa shape index (κ2) is 6.52. The van der Waals surface area contributed by atoms with Crippen LogP contribution in [0.2, 0.25) is 0 Å². The summed E-state index contributed by atoms with van der Waals surface area (Å²) in [5.41, 5.74) is 0.0689. The number of hydrogen-bond donors (Lipinski definition) is 0. The highest BCUT2D eigenvalue weighted by molar-refractivity contribution is 7.09. The van der Waals surface area contributed by atoms with Gasteiger partial charge in [0.25, 0.3) is 0 Å². The number of hydrogen-bond acceptors (Lipinski definition) is 5. The van der Waals surface area contributed by atoms with Crippen LogP contribution in [0.25, 0.3) is 0 Å². The molecule has 0 N–H and O–H groups in total. The number of aromatic nitrogens is 1. The average molecular weight is 324 g/mol. The summed E-state index contributed by atoms with van der Waals surface area (Å²) in [6.45, 7) is 5.79. The molecule has 122 valence electrons. The summed E-state index contributed by atoms with van der Waals surface area (Å²) in [5, 5.41) is 3.18. The molecule has 0 saturated carbocycles. The Kier molecular flexibility index (Phi) is 4.65. The number of nitrogens with zero attached hydrogens (tertiary/aromatic N) is 4. The van der Waals surface area contributed by atoms with Crippen molar-refractivity contribution >= 4 is 17.4 Å². The number of ether oxygens (including phenoxy) is 1. The minimum Gasteiger partial charge on any atom is -0.379 e. The van der Waals surface area contributed by atoms with Gasteiger partial charge in [-0.15, -0.1) is 11.3 Å². The van der Waals surface area contributed by atoms with Gasteiger partial charge in [0.1, 0.15) is 5.01 Å². The highest BCUT2D eigenvalue weighted by Crippen LogP contribution is 2.34. The van der Waals surface area contributed by atoms with Crippen LogP contribution in [0.3, 0.4) is 0 Å². The third-order valence-corrected chi connectivity index (χ3v) is 5.22. The largest absolute Gasteiger partial charge is 0.379 e. The molecule has 6 nitrogen and oxygen atoms in total. The molecule has 1 atom stereocenters. The van der Waals surface area contributed by atoms with E-state index in [1.807, 2.05) is 30.6 Å². The second-order valence-electron chi connectivity index (χ2n) is 6.54. The normalized spacial score (nSPS) is 26.4. The fraction of sp³-hybridized carbons (Fsp3) is 0.733. The number of likely N-dealkylation sites (tertiary alicyclic amines) is 1. The van der Waals surface area contributed by atoms with Gasteiger partial charge in [-0.3, -0.25) is 4.90 Å². The zero-order chi connectivity index (χ0) is 15.6. The van der Waals surface area contributed by atoms with Gasteiger partial charge in [0.05, 0.1) is 19.8 Å². The fourth-order valence-corrected chi connectivity index (χ4v) is 4.03. The molecule has 2 amide bonds. The lowest BCUT2D eigenvalue weighted by Gasteiger charge is -2.33. The molecule has 0 aliphatic carbocycles. The van der Waals surface area contributed by atoms with Crippen molar-refractivity contribution in [2.75, 3.05) is 53.5 Å². The van der Waals surface area contributed by atoms with Crippen LogP contribution in [0.15, 0.2) is 11.6 Å². The number of thiazole rings is 1. The van der Waals surface area contributed by atoms with Gasteiger partial charge in [-0.1, -0.05) is 0 Å². The maximum atomic E-state index is 12.3. The Morgan fingerprint density at radius 1 is 1.45 bits per heavy atom. The minimum absolute atomic E-state index is 0.0689. The lowest BCUT2D eigenvalue weighted by atomic mass is 9.87. The van der Waals surface area contributed by atoms with E-state index in [2.05, 4.69) is 9.88 Å². The van der Waals surface area contributed by atoms with Crippen molar-refractivity contribution in [1.82, 2.24) is 19.7 Å². The van der Waals surface area contributed by atoms with E-state index in [9.17, 15) is 4.79 Å². The van der Waals surface area contributed by atoms with Gasteiger partial charge in [-0.25, -0.2) is 9.78 Å². The molecule has 1 aromatic rings. The number of rotatable bonds is 2. The summed E-state index contributed by atoms with van der Waals surface area (Å²) in [6, 6.07) is 0.0863. The van der Waals surface area contributed by atoms with Crippen LogP contribution in [-0.4, -0.2) is 79.2 Å². The first kappa shape index (κ1) is 15.7. The zero-order valence-electron chi connectivity index (χ0n) is 13.3. The van der Waals surface area contributed by atoms with Crippen LogP contribution in [0, 0.1) is 5.41 Å². The standard InChI is InChI=1S/C15H24N4O2S/c1-17(2)14(20)19-6-7-21-12-15(11-19)3-5-18(10-15)9-13-16-4-8-22-13/h4,8H,3,5-7,9-12H2,1-2H3. The molecule has 0 bridgehead atoms. The van der Waals surface area contributed by atoms with Gasteiger partial charge in [0.2, 0.25) is 0 Å². The van der Waals surface area contributed by atoms with Crippen molar-refractivity contribution in [3.63, 3.8) is 0 Å². The van der Waals surface area contributed by atoms with Crippen molar-refractivity contribution in [2.45, 2.75) is 13.0 Å². The highest BCUT2D eigenvalue weighted by Gasteiger charge is 2.42. The molecule has 3 heterocycles. The Balaban J connectivity index is 1.65. The van der Waals surface area contributed by atoms with Crippen molar-refractivity contribution in [3.05, 3.63) is 16.6 Å². The molecule has 3 rings (SSSR count). The summed E-state index contributed by atoms with van der Waals surface area (Å²) < 4.78 is 5.82. The molecule has 1 spiro atoms. The number of urea groups is 1. The molecule has 0 aromatic carbocycles. The molecular formula is C15H24N4O2S. The molecule has 2 aliphatic rings. The Labute approximate surface area is 135 Å². The van der Waals surface area contributed by atoms with E-state index in [0.29, 0.717) is 13.2 Å². The summed E-state index contributed by atoms with van der Waals surface area (Å²) in [4.78, 5) is 22.7. The quantitative estimate of drug-likeness (QED) is 0.824. The van der Waals surface area contributed by atoms with Gasteiger partial charge in [-0.2, -0.15) is 0 Å². The number of carbonyl (C=O) groups excluding carboxylic acids is 1. The third-order valence-electron chi connectivity index (χ3n) is 4.45. The topological polar surface area (TPSA) is 48.9 Å². The molecule has 22 heavy (non-hydrogen) atoms. The minimum atomic E-state index is 0.0689. The predicted molar refractivity (Wildman–Crippen MR) is 85.9 cm³/mol. The van der Waals surface area contributed by atoms with Crippen molar-refractivity contribution in [3.8, 4) is 0 Å². The lowest BCUT2D eigenvalue weighted by molar-refractivity contribution is 0.0711. The lowest BCUT2D eigenvalue weighted by Crippen LogP contribution is -2.46. The van der Waals surface area contributed by atoms with Crippen LogP contribution in [-0.2, 0) is 11.3 Å². The van der Waals surface area contributed by atoms with Crippen LogP contribution in [0.1, 0.15) is 11.4 Å². The molecule has 1 aromatic heterocycles. The summed E-state index contributed by atoms with van der Waals surface area (Å²) >= 11 is 1.70. The van der Waals surface area contributed by atoms with E-state index in [-0.39, 0.29) is 11.4 Å². The highest BCUT2D eigenvalue weighted by atomic mass is 32.1. The molecule has 2 fully saturated rings. The first-order valence-electron chi connectivity index (χ1n) is 7.73. The number of amides is 2. The van der Waals surface area contributed by atoms with Gasteiger partial charge in [0.15, 0.2) is 0 Å². The van der Waals surface area contributed by atoms with Crippen LogP contribution >= 0.6 is 11.3 Å². The molecular weight excluding hydrogens is 300 g/mol. The predicted octanol–water partition coefficient (Wildman–Crippen LogP) is 1.35. The second-order valence-corrected chi connectivity index (χ2v) is 7.52. The van der Waals surface area contributed by atoms with E-state index >= 15 is 0 Å². The molecule has 7 heteroatoms. The Morgan fingerprint density at radius 3 is 3.05 bits per heavy atom. The summed E-state index contributed by atoms with van der Waals surface area (Å²) in [7, 11) is 3.62. The maximum absolute atomic E-state index is 12.3. The molecule has 2 saturated heterocycles. The van der Waals surface area contributed by atoms with Gasteiger partial charge >= 0.3 is 6.03 Å². The molecule has 2 aliphatic heterocycles. The fourth-order valence-electron chi connectivity index (χ4n) is 3.37. The average Bonchev–Trinajstić information content (AvgIpc) is 3.07.